The van der Waals surface area contributed by atoms with E-state index in [9.17, 15) is 22.4 Å². The first-order chi connectivity index (χ1) is 8.23. The van der Waals surface area contributed by atoms with E-state index >= 15 is 0 Å². The van der Waals surface area contributed by atoms with Gasteiger partial charge in [-0.2, -0.15) is 0 Å². The lowest BCUT2D eigenvalue weighted by atomic mass is 10.2. The summed E-state index contributed by atoms with van der Waals surface area (Å²) in [6.07, 6.45) is -5.85. The molecule has 100 valence electrons. The van der Waals surface area contributed by atoms with Gasteiger partial charge in [-0.05, 0) is 0 Å². The number of nitrogens with zero attached hydrogens (tertiary/aromatic N) is 1. The van der Waals surface area contributed by atoms with Crippen LogP contribution in [0.3, 0.4) is 0 Å². The molecule has 0 saturated heterocycles. The molecule has 0 fully saturated rings. The Bertz CT molecular complexity index is 462. The summed E-state index contributed by atoms with van der Waals surface area (Å²) in [7, 11) is 0. The largest absolute Gasteiger partial charge is 0.573 e. The first-order valence-electron chi connectivity index (χ1n) is 4.54. The van der Waals surface area contributed by atoms with Crippen LogP contribution in [0.15, 0.2) is 6.07 Å². The molecule has 1 aromatic rings. The van der Waals surface area contributed by atoms with E-state index in [2.05, 4.69) is 9.72 Å². The lowest BCUT2D eigenvalue weighted by molar-refractivity contribution is -0.275. The van der Waals surface area contributed by atoms with Crippen LogP contribution < -0.4 is 10.5 Å². The van der Waals surface area contributed by atoms with Gasteiger partial charge in [0.25, 0.3) is 0 Å². The molecule has 0 bridgehead atoms. The number of alkyl halides is 4. The summed E-state index contributed by atoms with van der Waals surface area (Å²) in [5.74, 6) is -2.27. The number of hydrogen-bond donors (Lipinski definition) is 2. The van der Waals surface area contributed by atoms with Crippen molar-refractivity contribution in [3.63, 3.8) is 0 Å². The molecule has 5 nitrogen and oxygen atoms in total. The van der Waals surface area contributed by atoms with Crippen LogP contribution >= 0.6 is 0 Å². The van der Waals surface area contributed by atoms with Crippen molar-refractivity contribution in [3.05, 3.63) is 17.5 Å². The number of halogens is 4. The van der Waals surface area contributed by atoms with E-state index in [0.29, 0.717) is 6.07 Å². The minimum absolute atomic E-state index is 0.333. The second kappa shape index (κ2) is 5.07. The van der Waals surface area contributed by atoms with Crippen molar-refractivity contribution in [2.75, 3.05) is 5.73 Å². The summed E-state index contributed by atoms with van der Waals surface area (Å²) in [6, 6.07) is 0.702. The molecule has 0 aliphatic rings. The fourth-order valence-corrected chi connectivity index (χ4v) is 1.18. The van der Waals surface area contributed by atoms with Crippen LogP contribution in [-0.2, 0) is 17.9 Å². The quantitative estimate of drug-likeness (QED) is 0.811. The first kappa shape index (κ1) is 14.0. The van der Waals surface area contributed by atoms with Gasteiger partial charge in [0.2, 0.25) is 0 Å². The number of pyridine rings is 1. The van der Waals surface area contributed by atoms with Crippen LogP contribution in [0, 0.1) is 0 Å². The topological polar surface area (TPSA) is 85.4 Å². The number of aliphatic carboxylic acids is 1. The summed E-state index contributed by atoms with van der Waals surface area (Å²) >= 11 is 0. The Balaban J connectivity index is 3.20. The van der Waals surface area contributed by atoms with Gasteiger partial charge in [-0.3, -0.25) is 4.79 Å². The van der Waals surface area contributed by atoms with Crippen LogP contribution in [-0.4, -0.2) is 22.4 Å². The predicted octanol–water partition coefficient (Wildman–Crippen LogP) is 1.66. The van der Waals surface area contributed by atoms with Crippen LogP contribution in [0.2, 0.25) is 0 Å². The monoisotopic (exact) mass is 268 g/mol. The summed E-state index contributed by atoms with van der Waals surface area (Å²) in [5, 5.41) is 8.52. The maximum Gasteiger partial charge on any atom is 0.573 e. The first-order valence-corrected chi connectivity index (χ1v) is 4.54. The van der Waals surface area contributed by atoms with Gasteiger partial charge in [-0.25, -0.2) is 9.37 Å². The van der Waals surface area contributed by atoms with E-state index in [0.717, 1.165) is 0 Å². The third-order valence-electron chi connectivity index (χ3n) is 1.85. The highest BCUT2D eigenvalue weighted by molar-refractivity contribution is 5.71. The molecule has 0 aromatic carbocycles. The molecule has 18 heavy (non-hydrogen) atoms. The van der Waals surface area contributed by atoms with E-state index in [1.807, 2.05) is 0 Å². The van der Waals surface area contributed by atoms with Crippen molar-refractivity contribution in [1.29, 1.82) is 0 Å². The van der Waals surface area contributed by atoms with Gasteiger partial charge in [0, 0.05) is 6.07 Å². The molecule has 0 saturated carbocycles. The molecule has 0 aliphatic carbocycles. The number of nitrogen functional groups attached to an aromatic ring is 1. The van der Waals surface area contributed by atoms with Gasteiger partial charge in [0.1, 0.15) is 6.67 Å². The van der Waals surface area contributed by atoms with Gasteiger partial charge in [-0.1, -0.05) is 0 Å². The Labute approximate surface area is 98.2 Å². The van der Waals surface area contributed by atoms with E-state index in [4.69, 9.17) is 10.8 Å². The van der Waals surface area contributed by atoms with E-state index in [1.54, 1.807) is 0 Å². The van der Waals surface area contributed by atoms with Crippen molar-refractivity contribution < 1.29 is 32.2 Å². The number of aromatic nitrogens is 1. The molecule has 0 aliphatic heterocycles. The molecule has 1 heterocycles. The lowest BCUT2D eigenvalue weighted by Crippen LogP contribution is -2.20. The summed E-state index contributed by atoms with van der Waals surface area (Å²) in [5.41, 5.74) is 4.04. The normalized spacial score (nSPS) is 11.3. The molecule has 1 rings (SSSR count). The number of carboxylic acid groups (broad SMARTS) is 1. The summed E-state index contributed by atoms with van der Waals surface area (Å²) in [4.78, 5) is 13.9. The summed E-state index contributed by atoms with van der Waals surface area (Å²) in [6.45, 7) is -1.12. The average Bonchev–Trinajstić information content (AvgIpc) is 2.19. The zero-order chi connectivity index (χ0) is 13.9. The van der Waals surface area contributed by atoms with Crippen molar-refractivity contribution in [1.82, 2.24) is 4.98 Å². The Hall–Kier alpha value is -2.06. The second-order valence-electron chi connectivity index (χ2n) is 3.22. The predicted molar refractivity (Wildman–Crippen MR) is 51.5 cm³/mol. The third-order valence-corrected chi connectivity index (χ3v) is 1.85. The van der Waals surface area contributed by atoms with E-state index < -0.39 is 36.9 Å². The molecule has 0 spiro atoms. The number of ether oxygens (including phenoxy) is 1. The third kappa shape index (κ3) is 3.75. The molecular weight excluding hydrogens is 260 g/mol. The van der Waals surface area contributed by atoms with Crippen LogP contribution in [0.5, 0.6) is 5.75 Å². The fourth-order valence-electron chi connectivity index (χ4n) is 1.18. The number of nitrogens with two attached hydrogens (primary N) is 1. The lowest BCUT2D eigenvalue weighted by Gasteiger charge is -2.13. The van der Waals surface area contributed by atoms with E-state index in [-0.39, 0.29) is 11.4 Å². The highest BCUT2D eigenvalue weighted by atomic mass is 19.4. The van der Waals surface area contributed by atoms with E-state index in [1.165, 1.54) is 0 Å². The Kier molecular flexibility index (Phi) is 3.94. The summed E-state index contributed by atoms with van der Waals surface area (Å²) < 4.78 is 52.2. The molecule has 9 heteroatoms. The highest BCUT2D eigenvalue weighted by Gasteiger charge is 2.33. The molecule has 0 radical (unpaired) electrons. The van der Waals surface area contributed by atoms with Crippen LogP contribution in [0.1, 0.15) is 11.4 Å². The minimum Gasteiger partial charge on any atom is -0.481 e. The Morgan fingerprint density at radius 3 is 2.50 bits per heavy atom. The van der Waals surface area contributed by atoms with Gasteiger partial charge >= 0.3 is 12.3 Å². The molecule has 1 aromatic heterocycles. The van der Waals surface area contributed by atoms with Crippen molar-refractivity contribution >= 4 is 11.7 Å². The molecule has 3 N–H and O–H groups in total. The Morgan fingerprint density at radius 2 is 2.06 bits per heavy atom. The number of rotatable bonds is 4. The maximum atomic E-state index is 12.4. The standard InChI is InChI=1S/C9H8F4N2O3/c10-3-6-4(14)1-7(18-9(11,12)13)5(15-6)2-8(16)17/h1H,2-3,14H2,(H,16,17). The SMILES string of the molecule is Nc1cc(OC(F)(F)F)c(CC(=O)O)nc1CF. The maximum absolute atomic E-state index is 12.4. The van der Waals surface area contributed by atoms with Gasteiger partial charge < -0.3 is 15.6 Å². The van der Waals surface area contributed by atoms with Crippen molar-refractivity contribution in [2.45, 2.75) is 19.5 Å². The minimum atomic E-state index is -5.02. The number of carboxylic acids is 1. The number of hydrogen-bond acceptors (Lipinski definition) is 4. The van der Waals surface area contributed by atoms with Gasteiger partial charge in [0.15, 0.2) is 5.75 Å². The molecule has 0 amide bonds. The second-order valence-corrected chi connectivity index (χ2v) is 3.22. The average molecular weight is 268 g/mol. The fraction of sp³-hybridized carbons (Fsp3) is 0.333. The molecular formula is C9H8F4N2O3. The van der Waals surface area contributed by atoms with Gasteiger partial charge in [-0.15, -0.1) is 13.2 Å². The zero-order valence-electron chi connectivity index (χ0n) is 8.79. The van der Waals surface area contributed by atoms with Gasteiger partial charge in [0.05, 0.1) is 23.5 Å². The van der Waals surface area contributed by atoms with Crippen molar-refractivity contribution in [3.8, 4) is 5.75 Å². The number of carbonyl (C=O) groups is 1. The Morgan fingerprint density at radius 1 is 1.44 bits per heavy atom. The van der Waals surface area contributed by atoms with Crippen LogP contribution in [0.4, 0.5) is 23.2 Å². The van der Waals surface area contributed by atoms with Crippen LogP contribution in [0.25, 0.3) is 0 Å². The smallest absolute Gasteiger partial charge is 0.481 e. The zero-order valence-corrected chi connectivity index (χ0v) is 8.79. The van der Waals surface area contributed by atoms with Crippen molar-refractivity contribution in [2.24, 2.45) is 0 Å². The number of anilines is 1. The molecule has 0 atom stereocenters. The highest BCUT2D eigenvalue weighted by Crippen LogP contribution is 2.29. The molecule has 0 unspecified atom stereocenters.